The second-order valence-electron chi connectivity index (χ2n) is 6.09. The van der Waals surface area contributed by atoms with Crippen molar-refractivity contribution in [3.63, 3.8) is 0 Å². The summed E-state index contributed by atoms with van der Waals surface area (Å²) in [5, 5.41) is 0. The average molecular weight is 233 g/mol. The highest BCUT2D eigenvalue weighted by Gasteiger charge is 2.41. The zero-order valence-corrected chi connectivity index (χ0v) is 12.0. The smallest absolute Gasteiger partial charge is 0.125 e. The van der Waals surface area contributed by atoms with Gasteiger partial charge in [-0.1, -0.05) is 0 Å². The third-order valence-electron chi connectivity index (χ3n) is 3.70. The first kappa shape index (κ1) is 12.5. The van der Waals surface area contributed by atoms with Crippen LogP contribution in [0.5, 0.6) is 0 Å². The maximum Gasteiger partial charge on any atom is 0.125 e. The highest BCUT2D eigenvalue weighted by Crippen LogP contribution is 2.45. The normalized spacial score (nSPS) is 25.1. The van der Waals surface area contributed by atoms with Gasteiger partial charge in [-0.05, 0) is 48.5 Å². The van der Waals surface area contributed by atoms with Gasteiger partial charge < -0.3 is 0 Å². The summed E-state index contributed by atoms with van der Waals surface area (Å²) in [4.78, 5) is 11.7. The first-order chi connectivity index (χ1) is 7.73. The van der Waals surface area contributed by atoms with Crippen LogP contribution in [0.4, 0.5) is 0 Å². The molecule has 2 heterocycles. The molecule has 0 aliphatic carbocycles. The van der Waals surface area contributed by atoms with Crippen molar-refractivity contribution in [2.24, 2.45) is 0 Å². The summed E-state index contributed by atoms with van der Waals surface area (Å²) in [6.45, 7) is 15.4. The van der Waals surface area contributed by atoms with Crippen molar-refractivity contribution in [2.45, 2.75) is 66.1 Å². The van der Waals surface area contributed by atoms with Gasteiger partial charge in [0, 0.05) is 22.8 Å². The second-order valence-corrected chi connectivity index (χ2v) is 6.09. The van der Waals surface area contributed by atoms with E-state index >= 15 is 0 Å². The minimum atomic E-state index is 0.153. The molecule has 1 aromatic rings. The van der Waals surface area contributed by atoms with Crippen molar-refractivity contribution in [2.75, 3.05) is 0 Å². The van der Waals surface area contributed by atoms with E-state index in [9.17, 15) is 0 Å². The molecular weight excluding hydrogens is 210 g/mol. The zero-order chi connectivity index (χ0) is 13.0. The lowest BCUT2D eigenvalue weighted by molar-refractivity contribution is 0.0661. The molecule has 1 aliphatic heterocycles. The molecule has 0 spiro atoms. The molecule has 0 saturated heterocycles. The van der Waals surface area contributed by atoms with Crippen molar-refractivity contribution in [1.82, 2.24) is 14.9 Å². The van der Waals surface area contributed by atoms with E-state index in [2.05, 4.69) is 56.4 Å². The van der Waals surface area contributed by atoms with E-state index in [1.807, 2.05) is 6.92 Å². The van der Waals surface area contributed by atoms with Gasteiger partial charge in [0.2, 0.25) is 0 Å². The van der Waals surface area contributed by atoms with Crippen LogP contribution < -0.4 is 0 Å². The van der Waals surface area contributed by atoms with Crippen molar-refractivity contribution >= 4 is 0 Å². The fraction of sp³-hybridized carbons (Fsp3) is 0.714. The van der Waals surface area contributed by atoms with E-state index in [-0.39, 0.29) is 5.54 Å². The van der Waals surface area contributed by atoms with Gasteiger partial charge in [0.25, 0.3) is 0 Å². The molecule has 0 saturated carbocycles. The third-order valence-corrected chi connectivity index (χ3v) is 3.70. The van der Waals surface area contributed by atoms with Gasteiger partial charge in [-0.15, -0.1) is 0 Å². The van der Waals surface area contributed by atoms with E-state index in [1.165, 1.54) is 11.3 Å². The first-order valence-corrected chi connectivity index (χ1v) is 6.37. The number of hydrogen-bond donors (Lipinski definition) is 0. The number of fused-ring (bicyclic) bond motifs is 1. The Balaban J connectivity index is 2.57. The zero-order valence-electron chi connectivity index (χ0n) is 12.0. The summed E-state index contributed by atoms with van der Waals surface area (Å²) < 4.78 is 0. The molecule has 17 heavy (non-hydrogen) atoms. The lowest BCUT2D eigenvalue weighted by Crippen LogP contribution is -2.40. The average Bonchev–Trinajstić information content (AvgIpc) is 2.37. The van der Waals surface area contributed by atoms with E-state index in [0.717, 1.165) is 11.5 Å². The van der Waals surface area contributed by atoms with Crippen LogP contribution in [-0.2, 0) is 0 Å². The van der Waals surface area contributed by atoms with Gasteiger partial charge in [-0.3, -0.25) is 4.90 Å². The van der Waals surface area contributed by atoms with E-state index in [4.69, 9.17) is 0 Å². The highest BCUT2D eigenvalue weighted by molar-refractivity contribution is 5.35. The Kier molecular flexibility index (Phi) is 2.77. The van der Waals surface area contributed by atoms with Gasteiger partial charge in [0.1, 0.15) is 5.82 Å². The molecule has 2 rings (SSSR count). The van der Waals surface area contributed by atoms with Gasteiger partial charge in [-0.25, -0.2) is 9.97 Å². The fourth-order valence-corrected chi connectivity index (χ4v) is 3.35. The molecule has 94 valence electrons. The van der Waals surface area contributed by atoms with Crippen LogP contribution in [0.2, 0.25) is 0 Å². The Bertz CT molecular complexity index is 446. The van der Waals surface area contributed by atoms with E-state index in [1.54, 1.807) is 0 Å². The maximum atomic E-state index is 4.66. The Labute approximate surface area is 104 Å². The number of hydrogen-bond acceptors (Lipinski definition) is 3. The Hall–Kier alpha value is -0.960. The lowest BCUT2D eigenvalue weighted by atomic mass is 10.0. The molecule has 2 atom stereocenters. The Morgan fingerprint density at radius 1 is 1.00 bits per heavy atom. The molecular formula is C14H23N3. The topological polar surface area (TPSA) is 29.0 Å². The number of aromatic nitrogens is 2. The minimum Gasteiger partial charge on any atom is -0.283 e. The van der Waals surface area contributed by atoms with Gasteiger partial charge >= 0.3 is 0 Å². The molecule has 3 nitrogen and oxygen atoms in total. The maximum absolute atomic E-state index is 4.66. The molecule has 0 amide bonds. The van der Waals surface area contributed by atoms with Crippen LogP contribution in [0.15, 0.2) is 0 Å². The standard InChI is InChI=1S/C14H23N3/c1-8-12-9(2)17(14(5,6)7)10(3)13(12)16-11(4)15-8/h9-10H,1-7H3. The van der Waals surface area contributed by atoms with Crippen LogP contribution in [0.1, 0.15) is 69.5 Å². The minimum absolute atomic E-state index is 0.153. The van der Waals surface area contributed by atoms with Crippen LogP contribution in [-0.4, -0.2) is 20.4 Å². The SMILES string of the molecule is Cc1nc(C)c2c(n1)C(C)N(C(C)(C)C)C2C. The van der Waals surface area contributed by atoms with Crippen LogP contribution >= 0.6 is 0 Å². The van der Waals surface area contributed by atoms with Gasteiger partial charge in [0.05, 0.1) is 11.7 Å². The molecule has 0 fully saturated rings. The van der Waals surface area contributed by atoms with Crippen molar-refractivity contribution < 1.29 is 0 Å². The Morgan fingerprint density at radius 2 is 1.59 bits per heavy atom. The van der Waals surface area contributed by atoms with Crippen molar-refractivity contribution in [1.29, 1.82) is 0 Å². The summed E-state index contributed by atoms with van der Waals surface area (Å²) in [7, 11) is 0. The highest BCUT2D eigenvalue weighted by atomic mass is 15.3. The summed E-state index contributed by atoms with van der Waals surface area (Å²) >= 11 is 0. The third kappa shape index (κ3) is 1.86. The second kappa shape index (κ2) is 3.77. The summed E-state index contributed by atoms with van der Waals surface area (Å²) in [6.07, 6.45) is 0. The molecule has 1 aliphatic rings. The number of rotatable bonds is 0. The molecule has 1 aromatic heterocycles. The van der Waals surface area contributed by atoms with E-state index in [0.29, 0.717) is 12.1 Å². The lowest BCUT2D eigenvalue weighted by Gasteiger charge is -2.38. The molecule has 3 heteroatoms. The first-order valence-electron chi connectivity index (χ1n) is 6.37. The summed E-state index contributed by atoms with van der Waals surface area (Å²) in [5.41, 5.74) is 3.84. The predicted octanol–water partition coefficient (Wildman–Crippen LogP) is 3.33. The monoisotopic (exact) mass is 233 g/mol. The van der Waals surface area contributed by atoms with Gasteiger partial charge in [0.15, 0.2) is 0 Å². The van der Waals surface area contributed by atoms with Crippen molar-refractivity contribution in [3.8, 4) is 0 Å². The number of nitrogens with zero attached hydrogens (tertiary/aromatic N) is 3. The van der Waals surface area contributed by atoms with Gasteiger partial charge in [-0.2, -0.15) is 0 Å². The van der Waals surface area contributed by atoms with Crippen LogP contribution in [0.25, 0.3) is 0 Å². The molecule has 0 radical (unpaired) electrons. The largest absolute Gasteiger partial charge is 0.283 e. The summed E-state index contributed by atoms with van der Waals surface area (Å²) in [6, 6.07) is 0.779. The quantitative estimate of drug-likeness (QED) is 0.688. The Morgan fingerprint density at radius 3 is 2.12 bits per heavy atom. The molecule has 0 N–H and O–H groups in total. The van der Waals surface area contributed by atoms with Crippen LogP contribution in [0.3, 0.4) is 0 Å². The molecule has 0 bridgehead atoms. The van der Waals surface area contributed by atoms with Crippen LogP contribution in [0, 0.1) is 13.8 Å². The van der Waals surface area contributed by atoms with E-state index < -0.39 is 0 Å². The number of aryl methyl sites for hydroxylation is 2. The fourth-order valence-electron chi connectivity index (χ4n) is 3.35. The predicted molar refractivity (Wildman–Crippen MR) is 69.9 cm³/mol. The van der Waals surface area contributed by atoms with Crippen molar-refractivity contribution in [3.05, 3.63) is 22.8 Å². The molecule has 0 aromatic carbocycles. The molecule has 2 unspecified atom stereocenters. The summed E-state index contributed by atoms with van der Waals surface area (Å²) in [5.74, 6) is 0.885.